The molecule has 1 heterocycles. The van der Waals surface area contributed by atoms with Gasteiger partial charge in [-0.05, 0) is 26.3 Å². The van der Waals surface area contributed by atoms with Crippen molar-refractivity contribution in [1.29, 1.82) is 0 Å². The molecule has 152 valence electrons. The van der Waals surface area contributed by atoms with E-state index in [1.807, 2.05) is 6.20 Å². The van der Waals surface area contributed by atoms with E-state index in [2.05, 4.69) is 22.6 Å². The van der Waals surface area contributed by atoms with Crippen LogP contribution < -0.4 is 5.32 Å². The second kappa shape index (κ2) is 9.22. The van der Waals surface area contributed by atoms with Crippen LogP contribution in [-0.4, -0.2) is 43.6 Å². The summed E-state index contributed by atoms with van der Waals surface area (Å²) in [5, 5.41) is 33.5. The second-order valence-corrected chi connectivity index (χ2v) is 6.97. The van der Waals surface area contributed by atoms with Crippen molar-refractivity contribution in [2.75, 3.05) is 18.5 Å². The first-order valence-electron chi connectivity index (χ1n) is 8.90. The van der Waals surface area contributed by atoms with E-state index in [-0.39, 0.29) is 23.7 Å². The molecule has 28 heavy (non-hydrogen) atoms. The molecule has 0 fully saturated rings. The van der Waals surface area contributed by atoms with Crippen LogP contribution in [0.2, 0.25) is 0 Å². The van der Waals surface area contributed by atoms with Crippen molar-refractivity contribution in [3.8, 4) is 0 Å². The van der Waals surface area contributed by atoms with Crippen molar-refractivity contribution < 1.29 is 14.6 Å². The van der Waals surface area contributed by atoms with Gasteiger partial charge < -0.3 is 10.1 Å². The van der Waals surface area contributed by atoms with Crippen LogP contribution in [0.25, 0.3) is 0 Å². The maximum Gasteiger partial charge on any atom is 0.299 e. The number of para-hydroxylation sites is 1. The van der Waals surface area contributed by atoms with E-state index >= 15 is 0 Å². The summed E-state index contributed by atoms with van der Waals surface area (Å²) in [6.45, 7) is 6.95. The number of rotatable bonds is 11. The third-order valence-electron chi connectivity index (χ3n) is 3.88. The van der Waals surface area contributed by atoms with Crippen molar-refractivity contribution in [3.63, 3.8) is 0 Å². The fraction of sp³-hybridized carbons (Fsp3) is 0.529. The summed E-state index contributed by atoms with van der Waals surface area (Å²) in [5.74, 6) is 0. The van der Waals surface area contributed by atoms with E-state index in [4.69, 9.17) is 4.74 Å². The van der Waals surface area contributed by atoms with Gasteiger partial charge in [0.15, 0.2) is 5.69 Å². The summed E-state index contributed by atoms with van der Waals surface area (Å²) >= 11 is 0. The van der Waals surface area contributed by atoms with E-state index in [1.165, 1.54) is 18.2 Å². The minimum absolute atomic E-state index is 0.131. The number of ether oxygens (including phenoxy) is 1. The summed E-state index contributed by atoms with van der Waals surface area (Å²) in [7, 11) is 0. The molecule has 1 aromatic heterocycles. The number of anilines is 1. The molecular formula is C17H24N6O5. The molecule has 0 unspecified atom stereocenters. The molecule has 0 amide bonds. The highest BCUT2D eigenvalue weighted by atomic mass is 16.6. The molecule has 1 aromatic carbocycles. The normalized spacial score (nSPS) is 11.4. The van der Waals surface area contributed by atoms with Gasteiger partial charge in [-0.25, -0.2) is 0 Å². The molecule has 0 aliphatic heterocycles. The Bertz CT molecular complexity index is 803. The number of aryl methyl sites for hydroxylation is 1. The zero-order valence-corrected chi connectivity index (χ0v) is 16.1. The maximum atomic E-state index is 11.2. The van der Waals surface area contributed by atoms with E-state index in [0.717, 1.165) is 18.7 Å². The molecule has 0 spiro atoms. The first-order chi connectivity index (χ1) is 13.2. The molecule has 2 aromatic rings. The minimum atomic E-state index is -0.767. The molecule has 0 bridgehead atoms. The highest BCUT2D eigenvalue weighted by molar-refractivity contribution is 5.74. The van der Waals surface area contributed by atoms with E-state index in [9.17, 15) is 20.2 Å². The maximum absolute atomic E-state index is 11.2. The Morgan fingerprint density at radius 1 is 1.21 bits per heavy atom. The highest BCUT2D eigenvalue weighted by Gasteiger charge is 2.30. The van der Waals surface area contributed by atoms with Crippen molar-refractivity contribution >= 4 is 17.1 Å². The zero-order valence-electron chi connectivity index (χ0n) is 16.1. The molecular weight excluding hydrogens is 368 g/mol. The summed E-state index contributed by atoms with van der Waals surface area (Å²) in [6, 6.07) is 3.74. The van der Waals surface area contributed by atoms with Gasteiger partial charge in [0, 0.05) is 31.3 Å². The number of aromatic nitrogens is 3. The van der Waals surface area contributed by atoms with Gasteiger partial charge in [0.25, 0.3) is 11.4 Å². The first kappa shape index (κ1) is 21.2. The SMILES string of the molecule is CCCn1cc(CCOCC(C)(C)Nc2c([N+](=O)[O-])cccc2[N+](=O)[O-])nn1. The Balaban J connectivity index is 1.97. The van der Waals surface area contributed by atoms with Gasteiger partial charge in [0.2, 0.25) is 0 Å². The summed E-state index contributed by atoms with van der Waals surface area (Å²) < 4.78 is 7.44. The monoisotopic (exact) mass is 392 g/mol. The van der Waals surface area contributed by atoms with E-state index in [0.29, 0.717) is 13.0 Å². The van der Waals surface area contributed by atoms with Crippen LogP contribution in [0.5, 0.6) is 0 Å². The van der Waals surface area contributed by atoms with Gasteiger partial charge in [-0.1, -0.05) is 12.1 Å². The molecule has 0 radical (unpaired) electrons. The smallest absolute Gasteiger partial charge is 0.299 e. The quantitative estimate of drug-likeness (QED) is 0.350. The van der Waals surface area contributed by atoms with Crippen LogP contribution in [0.15, 0.2) is 24.4 Å². The minimum Gasteiger partial charge on any atom is -0.379 e. The fourth-order valence-electron chi connectivity index (χ4n) is 2.63. The van der Waals surface area contributed by atoms with Gasteiger partial charge >= 0.3 is 0 Å². The number of nitrogens with zero attached hydrogens (tertiary/aromatic N) is 5. The number of nitro groups is 2. The fourth-order valence-corrected chi connectivity index (χ4v) is 2.63. The topological polar surface area (TPSA) is 138 Å². The van der Waals surface area contributed by atoms with Gasteiger partial charge in [-0.3, -0.25) is 24.9 Å². The van der Waals surface area contributed by atoms with E-state index < -0.39 is 15.4 Å². The van der Waals surface area contributed by atoms with Gasteiger partial charge in [0.05, 0.1) is 34.3 Å². The third-order valence-corrected chi connectivity index (χ3v) is 3.88. The van der Waals surface area contributed by atoms with Crippen LogP contribution in [0.1, 0.15) is 32.9 Å². The molecule has 0 aliphatic rings. The van der Waals surface area contributed by atoms with E-state index in [1.54, 1.807) is 18.5 Å². The van der Waals surface area contributed by atoms with Crippen molar-refractivity contribution in [1.82, 2.24) is 15.0 Å². The molecule has 0 atom stereocenters. The van der Waals surface area contributed by atoms with Crippen LogP contribution in [0.4, 0.5) is 17.1 Å². The van der Waals surface area contributed by atoms with Crippen molar-refractivity contribution in [2.45, 2.75) is 45.7 Å². The zero-order chi connectivity index (χ0) is 20.7. The van der Waals surface area contributed by atoms with Crippen molar-refractivity contribution in [2.24, 2.45) is 0 Å². The lowest BCUT2D eigenvalue weighted by Crippen LogP contribution is -2.37. The number of benzene rings is 1. The molecule has 0 saturated carbocycles. The van der Waals surface area contributed by atoms with Gasteiger partial charge in [0.1, 0.15) is 0 Å². The highest BCUT2D eigenvalue weighted by Crippen LogP contribution is 2.35. The molecule has 0 saturated heterocycles. The lowest BCUT2D eigenvalue weighted by Gasteiger charge is -2.26. The lowest BCUT2D eigenvalue weighted by molar-refractivity contribution is -0.392. The average Bonchev–Trinajstić information content (AvgIpc) is 3.06. The number of nitrogens with one attached hydrogen (secondary N) is 1. The first-order valence-corrected chi connectivity index (χ1v) is 8.90. The second-order valence-electron chi connectivity index (χ2n) is 6.97. The van der Waals surface area contributed by atoms with Crippen molar-refractivity contribution in [3.05, 3.63) is 50.3 Å². The predicted molar refractivity (Wildman–Crippen MR) is 102 cm³/mol. The average molecular weight is 392 g/mol. The number of hydrogen-bond acceptors (Lipinski definition) is 8. The standard InChI is InChI=1S/C17H24N6O5/c1-4-9-21-11-13(19-20-21)8-10-28-12-17(2,3)18-16-14(22(24)25)6-5-7-15(16)23(26)27/h5-7,11,18H,4,8-10,12H2,1-3H3. The Morgan fingerprint density at radius 2 is 1.86 bits per heavy atom. The Labute approximate surface area is 162 Å². The molecule has 11 heteroatoms. The largest absolute Gasteiger partial charge is 0.379 e. The van der Waals surface area contributed by atoms with Crippen LogP contribution in [0.3, 0.4) is 0 Å². The molecule has 11 nitrogen and oxygen atoms in total. The van der Waals surface area contributed by atoms with Gasteiger partial charge in [-0.2, -0.15) is 0 Å². The molecule has 1 N–H and O–H groups in total. The third kappa shape index (κ3) is 5.71. The van der Waals surface area contributed by atoms with Crippen LogP contribution >= 0.6 is 0 Å². The summed E-state index contributed by atoms with van der Waals surface area (Å²) in [4.78, 5) is 21.2. The summed E-state index contributed by atoms with van der Waals surface area (Å²) in [6.07, 6.45) is 3.41. The van der Waals surface area contributed by atoms with Crippen LogP contribution in [0, 0.1) is 20.2 Å². The Hall–Kier alpha value is -3.08. The number of nitro benzene ring substituents is 2. The Morgan fingerprint density at radius 3 is 2.43 bits per heavy atom. The molecule has 2 rings (SSSR count). The van der Waals surface area contributed by atoms with Crippen LogP contribution in [-0.2, 0) is 17.7 Å². The Kier molecular flexibility index (Phi) is 6.99. The van der Waals surface area contributed by atoms with Gasteiger partial charge in [-0.15, -0.1) is 5.10 Å². The molecule has 0 aliphatic carbocycles. The summed E-state index contributed by atoms with van der Waals surface area (Å²) in [5.41, 5.74) is -0.789. The lowest BCUT2D eigenvalue weighted by atomic mass is 10.1. The number of hydrogen-bond donors (Lipinski definition) is 1. The predicted octanol–water partition coefficient (Wildman–Crippen LogP) is 2.95.